The first-order valence-corrected chi connectivity index (χ1v) is 8.81. The zero-order chi connectivity index (χ0) is 19.9. The van der Waals surface area contributed by atoms with Crippen LogP contribution in [0.25, 0.3) is 22.4 Å². The molecule has 0 aliphatic rings. The molecule has 0 aliphatic heterocycles. The fraction of sp³-hybridized carbons (Fsp3) is 0.143. The topological polar surface area (TPSA) is 112 Å². The van der Waals surface area contributed by atoms with Crippen LogP contribution in [0.2, 0.25) is 0 Å². The minimum Gasteiger partial charge on any atom is -0.481 e. The molecule has 7 nitrogen and oxygen atoms in total. The van der Waals surface area contributed by atoms with E-state index in [1.54, 1.807) is 0 Å². The van der Waals surface area contributed by atoms with Crippen LogP contribution in [0, 0.1) is 0 Å². The van der Waals surface area contributed by atoms with Gasteiger partial charge >= 0.3 is 5.97 Å². The summed E-state index contributed by atoms with van der Waals surface area (Å²) in [4.78, 5) is 35.9. The number of hydrogen-bond donors (Lipinski definition) is 3. The number of nitrogens with zero attached hydrogens (tertiary/aromatic N) is 1. The third kappa shape index (κ3) is 4.32. The summed E-state index contributed by atoms with van der Waals surface area (Å²) in [6.07, 6.45) is 0.212. The van der Waals surface area contributed by atoms with Gasteiger partial charge in [0.1, 0.15) is 5.56 Å². The Morgan fingerprint density at radius 2 is 1.57 bits per heavy atom. The summed E-state index contributed by atoms with van der Waals surface area (Å²) in [5.74, 6) is -1.50. The maximum absolute atomic E-state index is 12.8. The number of carbonyl (C=O) groups is 2. The number of aromatic nitrogens is 2. The molecule has 0 atom stereocenters. The molecule has 3 N–H and O–H groups in total. The molecule has 0 unspecified atom stereocenters. The number of H-pyrrole nitrogens is 1. The quantitative estimate of drug-likeness (QED) is 0.548. The smallest absolute Gasteiger partial charge is 0.303 e. The predicted octanol–water partition coefficient (Wildman–Crippen LogP) is 2.70. The van der Waals surface area contributed by atoms with E-state index >= 15 is 0 Å². The van der Waals surface area contributed by atoms with Gasteiger partial charge in [-0.05, 0) is 12.0 Å². The molecule has 1 aromatic heterocycles. The number of hydrogen-bond acceptors (Lipinski definition) is 4. The molecule has 1 amide bonds. The van der Waals surface area contributed by atoms with Gasteiger partial charge in [0, 0.05) is 24.1 Å². The lowest BCUT2D eigenvalue weighted by Gasteiger charge is -2.13. The summed E-state index contributed by atoms with van der Waals surface area (Å²) < 4.78 is 0. The first-order valence-electron chi connectivity index (χ1n) is 8.81. The lowest BCUT2D eigenvalue weighted by Crippen LogP contribution is -2.32. The Morgan fingerprint density at radius 3 is 2.18 bits per heavy atom. The molecule has 0 aliphatic carbocycles. The van der Waals surface area contributed by atoms with Crippen LogP contribution in [-0.2, 0) is 4.79 Å². The lowest BCUT2D eigenvalue weighted by molar-refractivity contribution is -0.137. The molecule has 0 fully saturated rings. The number of rotatable bonds is 7. The van der Waals surface area contributed by atoms with Gasteiger partial charge < -0.3 is 10.4 Å². The summed E-state index contributed by atoms with van der Waals surface area (Å²) in [5, 5.41) is 18.0. The average Bonchev–Trinajstić information content (AvgIpc) is 2.72. The van der Waals surface area contributed by atoms with Crippen LogP contribution in [0.15, 0.2) is 65.5 Å². The van der Waals surface area contributed by atoms with Gasteiger partial charge in [-0.15, -0.1) is 0 Å². The Labute approximate surface area is 161 Å². The van der Waals surface area contributed by atoms with E-state index in [4.69, 9.17) is 5.11 Å². The molecule has 1 heterocycles. The third-order valence-corrected chi connectivity index (χ3v) is 4.17. The second-order valence-corrected chi connectivity index (χ2v) is 6.14. The Hall–Kier alpha value is -3.74. The second kappa shape index (κ2) is 8.77. The molecule has 7 heteroatoms. The summed E-state index contributed by atoms with van der Waals surface area (Å²) >= 11 is 0. The lowest BCUT2D eigenvalue weighted by atomic mass is 9.95. The van der Waals surface area contributed by atoms with Gasteiger partial charge in [0.25, 0.3) is 11.5 Å². The van der Waals surface area contributed by atoms with Gasteiger partial charge in [-0.3, -0.25) is 14.4 Å². The molecule has 2 aromatic carbocycles. The molecule has 0 saturated heterocycles. The molecule has 0 saturated carbocycles. The number of carboxylic acids is 1. The number of carbonyl (C=O) groups excluding carboxylic acids is 1. The van der Waals surface area contributed by atoms with Crippen LogP contribution in [0.1, 0.15) is 23.2 Å². The van der Waals surface area contributed by atoms with Gasteiger partial charge in [0.05, 0.1) is 5.69 Å². The van der Waals surface area contributed by atoms with Crippen LogP contribution in [0.4, 0.5) is 0 Å². The molecular formula is C21H19N3O4. The first-order chi connectivity index (χ1) is 13.6. The third-order valence-electron chi connectivity index (χ3n) is 4.17. The van der Waals surface area contributed by atoms with Crippen molar-refractivity contribution < 1.29 is 14.7 Å². The Kier molecular flexibility index (Phi) is 5.96. The summed E-state index contributed by atoms with van der Waals surface area (Å²) in [6, 6.07) is 18.4. The largest absolute Gasteiger partial charge is 0.481 e. The molecule has 142 valence electrons. The van der Waals surface area contributed by atoms with Gasteiger partial charge in [-0.1, -0.05) is 60.7 Å². The highest BCUT2D eigenvalue weighted by Gasteiger charge is 2.22. The number of nitrogens with one attached hydrogen (secondary N) is 2. The van der Waals surface area contributed by atoms with E-state index in [0.717, 1.165) is 5.56 Å². The van der Waals surface area contributed by atoms with E-state index in [1.165, 1.54) is 0 Å². The van der Waals surface area contributed by atoms with Crippen LogP contribution in [0.5, 0.6) is 0 Å². The van der Waals surface area contributed by atoms with Crippen molar-refractivity contribution in [1.29, 1.82) is 0 Å². The molecule has 0 radical (unpaired) electrons. The monoisotopic (exact) mass is 377 g/mol. The van der Waals surface area contributed by atoms with Crippen molar-refractivity contribution in [3.05, 3.63) is 76.6 Å². The second-order valence-electron chi connectivity index (χ2n) is 6.14. The van der Waals surface area contributed by atoms with E-state index in [2.05, 4.69) is 15.5 Å². The summed E-state index contributed by atoms with van der Waals surface area (Å²) in [5.41, 5.74) is 1.73. The highest BCUT2D eigenvalue weighted by Crippen LogP contribution is 2.31. The first kappa shape index (κ1) is 19.0. The SMILES string of the molecule is O=C(O)CCCNC(=O)c1c(-c2ccccc2)c(-c2ccccc2)n[nH]c1=O. The highest BCUT2D eigenvalue weighted by atomic mass is 16.4. The minimum absolute atomic E-state index is 0.0459. The molecular weight excluding hydrogens is 358 g/mol. The van der Waals surface area contributed by atoms with Gasteiger partial charge in [-0.25, -0.2) is 5.10 Å². The zero-order valence-corrected chi connectivity index (χ0v) is 15.0. The zero-order valence-electron chi connectivity index (χ0n) is 15.0. The number of carboxylic acid groups (broad SMARTS) is 1. The molecule has 3 aromatic rings. The normalized spacial score (nSPS) is 10.4. The van der Waals surface area contributed by atoms with Crippen molar-refractivity contribution in [2.75, 3.05) is 6.54 Å². The number of benzene rings is 2. The van der Waals surface area contributed by atoms with Crippen molar-refractivity contribution in [3.8, 4) is 22.4 Å². The number of amides is 1. The standard InChI is InChI=1S/C21H19N3O4/c25-16(26)12-7-13-22-20(27)18-17(14-8-3-1-4-9-14)19(23-24-21(18)28)15-10-5-2-6-11-15/h1-6,8-11H,7,12-13H2,(H,22,27)(H,24,28)(H,25,26). The Balaban J connectivity index is 2.07. The van der Waals surface area contributed by atoms with Crippen molar-refractivity contribution in [3.63, 3.8) is 0 Å². The molecule has 0 spiro atoms. The molecule has 0 bridgehead atoms. The maximum atomic E-state index is 12.8. The fourth-order valence-electron chi connectivity index (χ4n) is 2.89. The van der Waals surface area contributed by atoms with E-state index in [9.17, 15) is 14.4 Å². The summed E-state index contributed by atoms with van der Waals surface area (Å²) in [6.45, 7) is 0.155. The van der Waals surface area contributed by atoms with Crippen molar-refractivity contribution in [2.24, 2.45) is 0 Å². The molecule has 3 rings (SSSR count). The van der Waals surface area contributed by atoms with E-state index < -0.39 is 17.4 Å². The summed E-state index contributed by atoms with van der Waals surface area (Å²) in [7, 11) is 0. The van der Waals surface area contributed by atoms with Gasteiger partial charge in [0.15, 0.2) is 0 Å². The predicted molar refractivity (Wildman–Crippen MR) is 105 cm³/mol. The van der Waals surface area contributed by atoms with Crippen LogP contribution in [0.3, 0.4) is 0 Å². The van der Waals surface area contributed by atoms with Crippen molar-refractivity contribution >= 4 is 11.9 Å². The van der Waals surface area contributed by atoms with E-state index in [-0.39, 0.29) is 24.9 Å². The number of aliphatic carboxylic acids is 1. The minimum atomic E-state index is -0.938. The number of aromatic amines is 1. The van der Waals surface area contributed by atoms with E-state index in [0.29, 0.717) is 16.8 Å². The highest BCUT2D eigenvalue weighted by molar-refractivity contribution is 6.03. The van der Waals surface area contributed by atoms with Gasteiger partial charge in [-0.2, -0.15) is 5.10 Å². The Morgan fingerprint density at radius 1 is 0.964 bits per heavy atom. The van der Waals surface area contributed by atoms with Crippen LogP contribution >= 0.6 is 0 Å². The van der Waals surface area contributed by atoms with Crippen LogP contribution in [-0.4, -0.2) is 33.7 Å². The average molecular weight is 377 g/mol. The van der Waals surface area contributed by atoms with Crippen molar-refractivity contribution in [2.45, 2.75) is 12.8 Å². The van der Waals surface area contributed by atoms with Crippen molar-refractivity contribution in [1.82, 2.24) is 15.5 Å². The van der Waals surface area contributed by atoms with E-state index in [1.807, 2.05) is 60.7 Å². The molecule has 28 heavy (non-hydrogen) atoms. The fourth-order valence-corrected chi connectivity index (χ4v) is 2.89. The Bertz CT molecular complexity index is 1030. The van der Waals surface area contributed by atoms with Gasteiger partial charge in [0.2, 0.25) is 0 Å². The maximum Gasteiger partial charge on any atom is 0.303 e. The van der Waals surface area contributed by atoms with Crippen LogP contribution < -0.4 is 10.9 Å².